The molecule has 0 saturated carbocycles. The van der Waals surface area contributed by atoms with Crippen LogP contribution in [0.3, 0.4) is 0 Å². The molecule has 1 aromatic heterocycles. The van der Waals surface area contributed by atoms with Gasteiger partial charge in [0.05, 0.1) is 5.54 Å². The van der Waals surface area contributed by atoms with E-state index in [-0.39, 0.29) is 17.6 Å². The van der Waals surface area contributed by atoms with Gasteiger partial charge in [-0.05, 0) is 56.7 Å². The summed E-state index contributed by atoms with van der Waals surface area (Å²) in [5, 5.41) is 7.54. The number of nitrogens with one attached hydrogen (secondary N) is 1. The molecular formula is C20H27FN4O. The van der Waals surface area contributed by atoms with Crippen LogP contribution in [0, 0.1) is 18.7 Å². The first-order valence-corrected chi connectivity index (χ1v) is 9.16. The number of nitrogens with zero attached hydrogens (tertiary/aromatic N) is 2. The molecule has 0 radical (unpaired) electrons. The van der Waals surface area contributed by atoms with Crippen LogP contribution in [0.15, 0.2) is 18.2 Å². The third kappa shape index (κ3) is 3.14. The quantitative estimate of drug-likeness (QED) is 0.863. The van der Waals surface area contributed by atoms with E-state index in [2.05, 4.69) is 10.4 Å². The standard InChI is InChI=1S/C20H27FN4O/c1-12(2)20(4,11-22)23-19(26)18-14-6-5-7-16(14)25(24-18)17-9-8-13(3)10-15(17)21/h8-10,12H,5-7,11,22H2,1-4H3,(H,23,26). The number of rotatable bonds is 5. The SMILES string of the molecule is Cc1ccc(-n2nc(C(=O)NC(C)(CN)C(C)C)c3c2CCC3)c(F)c1. The van der Waals surface area contributed by atoms with Crippen molar-refractivity contribution in [2.75, 3.05) is 6.54 Å². The van der Waals surface area contributed by atoms with Gasteiger partial charge in [0.2, 0.25) is 0 Å². The number of hydrogen-bond donors (Lipinski definition) is 2. The Morgan fingerprint density at radius 3 is 2.77 bits per heavy atom. The lowest BCUT2D eigenvalue weighted by molar-refractivity contribution is 0.0876. The molecule has 5 nitrogen and oxygen atoms in total. The van der Waals surface area contributed by atoms with Gasteiger partial charge in [-0.1, -0.05) is 19.9 Å². The minimum Gasteiger partial charge on any atom is -0.344 e. The minimum atomic E-state index is -0.512. The summed E-state index contributed by atoms with van der Waals surface area (Å²) in [6, 6.07) is 5.06. The van der Waals surface area contributed by atoms with Crippen LogP contribution in [0.1, 0.15) is 54.5 Å². The van der Waals surface area contributed by atoms with Crippen molar-refractivity contribution < 1.29 is 9.18 Å². The number of nitrogens with two attached hydrogens (primary N) is 1. The number of carbonyl (C=O) groups is 1. The maximum atomic E-state index is 14.5. The fraction of sp³-hybridized carbons (Fsp3) is 0.500. The summed E-state index contributed by atoms with van der Waals surface area (Å²) in [6.07, 6.45) is 2.52. The van der Waals surface area contributed by atoms with Crippen molar-refractivity contribution in [1.29, 1.82) is 0 Å². The Morgan fingerprint density at radius 2 is 2.15 bits per heavy atom. The molecule has 1 unspecified atom stereocenters. The maximum absolute atomic E-state index is 14.5. The summed E-state index contributed by atoms with van der Waals surface area (Å²) in [6.45, 7) is 8.17. The molecule has 0 spiro atoms. The monoisotopic (exact) mass is 358 g/mol. The molecule has 1 amide bonds. The molecule has 1 aromatic carbocycles. The van der Waals surface area contributed by atoms with E-state index in [0.717, 1.165) is 36.1 Å². The Bertz CT molecular complexity index is 843. The molecule has 2 aromatic rings. The molecule has 3 N–H and O–H groups in total. The van der Waals surface area contributed by atoms with Gasteiger partial charge in [0, 0.05) is 17.8 Å². The van der Waals surface area contributed by atoms with Crippen LogP contribution in [-0.2, 0) is 12.8 Å². The van der Waals surface area contributed by atoms with Crippen LogP contribution in [0.2, 0.25) is 0 Å². The van der Waals surface area contributed by atoms with Crippen LogP contribution in [-0.4, -0.2) is 27.8 Å². The predicted octanol–water partition coefficient (Wildman–Crippen LogP) is 2.91. The molecule has 0 bridgehead atoms. The van der Waals surface area contributed by atoms with E-state index in [9.17, 15) is 9.18 Å². The molecule has 1 aliphatic carbocycles. The normalized spacial score (nSPS) is 15.8. The van der Waals surface area contributed by atoms with Crippen LogP contribution < -0.4 is 11.1 Å². The van der Waals surface area contributed by atoms with E-state index in [1.165, 1.54) is 6.07 Å². The van der Waals surface area contributed by atoms with Crippen molar-refractivity contribution in [3.8, 4) is 5.69 Å². The highest BCUT2D eigenvalue weighted by atomic mass is 19.1. The van der Waals surface area contributed by atoms with E-state index in [4.69, 9.17) is 5.73 Å². The number of hydrogen-bond acceptors (Lipinski definition) is 3. The summed E-state index contributed by atoms with van der Waals surface area (Å²) < 4.78 is 16.1. The lowest BCUT2D eigenvalue weighted by Crippen LogP contribution is -2.55. The first-order chi connectivity index (χ1) is 12.3. The van der Waals surface area contributed by atoms with Crippen LogP contribution in [0.5, 0.6) is 0 Å². The Labute approximate surface area is 153 Å². The highest BCUT2D eigenvalue weighted by molar-refractivity contribution is 5.94. The molecule has 1 atom stereocenters. The Kier molecular flexibility index (Phi) is 4.88. The molecular weight excluding hydrogens is 331 g/mol. The van der Waals surface area contributed by atoms with Gasteiger partial charge < -0.3 is 11.1 Å². The van der Waals surface area contributed by atoms with Gasteiger partial charge in [0.1, 0.15) is 11.5 Å². The van der Waals surface area contributed by atoms with Crippen molar-refractivity contribution in [1.82, 2.24) is 15.1 Å². The summed E-state index contributed by atoms with van der Waals surface area (Å²) >= 11 is 0. The maximum Gasteiger partial charge on any atom is 0.272 e. The van der Waals surface area contributed by atoms with Crippen molar-refractivity contribution in [2.45, 2.75) is 52.5 Å². The van der Waals surface area contributed by atoms with Crippen molar-refractivity contribution in [2.24, 2.45) is 11.7 Å². The molecule has 0 aliphatic heterocycles. The van der Waals surface area contributed by atoms with Crippen molar-refractivity contribution in [3.63, 3.8) is 0 Å². The van der Waals surface area contributed by atoms with Crippen LogP contribution >= 0.6 is 0 Å². The minimum absolute atomic E-state index is 0.182. The second-order valence-electron chi connectivity index (χ2n) is 7.72. The zero-order valence-corrected chi connectivity index (χ0v) is 15.9. The van der Waals surface area contributed by atoms with E-state index in [1.54, 1.807) is 10.7 Å². The molecule has 1 aliphatic rings. The third-order valence-corrected chi connectivity index (χ3v) is 5.57. The lowest BCUT2D eigenvalue weighted by Gasteiger charge is -2.33. The summed E-state index contributed by atoms with van der Waals surface area (Å²) in [7, 11) is 0. The van der Waals surface area contributed by atoms with Gasteiger partial charge in [-0.25, -0.2) is 9.07 Å². The van der Waals surface area contributed by atoms with Gasteiger partial charge in [-0.15, -0.1) is 0 Å². The number of fused-ring (bicyclic) bond motifs is 1. The van der Waals surface area contributed by atoms with Crippen LogP contribution in [0.4, 0.5) is 4.39 Å². The summed E-state index contributed by atoms with van der Waals surface area (Å²) in [5.74, 6) is -0.389. The lowest BCUT2D eigenvalue weighted by atomic mass is 9.88. The number of benzene rings is 1. The fourth-order valence-corrected chi connectivity index (χ4v) is 3.35. The zero-order chi connectivity index (χ0) is 19.1. The average Bonchev–Trinajstić information content (AvgIpc) is 3.17. The Balaban J connectivity index is 2.01. The van der Waals surface area contributed by atoms with E-state index in [0.29, 0.717) is 17.9 Å². The molecule has 1 heterocycles. The first kappa shape index (κ1) is 18.6. The van der Waals surface area contributed by atoms with Gasteiger partial charge in [-0.2, -0.15) is 5.10 Å². The summed E-state index contributed by atoms with van der Waals surface area (Å²) in [4.78, 5) is 12.9. The third-order valence-electron chi connectivity index (χ3n) is 5.57. The number of aryl methyl sites for hydroxylation is 1. The number of carbonyl (C=O) groups excluding carboxylic acids is 1. The predicted molar refractivity (Wildman–Crippen MR) is 100 cm³/mol. The summed E-state index contributed by atoms with van der Waals surface area (Å²) in [5.41, 5.74) is 8.85. The Hall–Kier alpha value is -2.21. The van der Waals surface area contributed by atoms with Crippen LogP contribution in [0.25, 0.3) is 5.69 Å². The van der Waals surface area contributed by atoms with Gasteiger partial charge in [0.25, 0.3) is 5.91 Å². The zero-order valence-electron chi connectivity index (χ0n) is 15.9. The van der Waals surface area contributed by atoms with Gasteiger partial charge in [-0.3, -0.25) is 4.79 Å². The second-order valence-corrected chi connectivity index (χ2v) is 7.72. The highest BCUT2D eigenvalue weighted by Gasteiger charge is 2.33. The van der Waals surface area contributed by atoms with Gasteiger partial charge in [0.15, 0.2) is 5.69 Å². The Morgan fingerprint density at radius 1 is 1.42 bits per heavy atom. The number of halogens is 1. The molecule has 0 saturated heterocycles. The second kappa shape index (κ2) is 6.83. The van der Waals surface area contributed by atoms with Gasteiger partial charge >= 0.3 is 0 Å². The first-order valence-electron chi connectivity index (χ1n) is 9.16. The van der Waals surface area contributed by atoms with E-state index < -0.39 is 5.54 Å². The highest BCUT2D eigenvalue weighted by Crippen LogP contribution is 2.29. The fourth-order valence-electron chi connectivity index (χ4n) is 3.35. The largest absolute Gasteiger partial charge is 0.344 e. The molecule has 0 fully saturated rings. The number of aromatic nitrogens is 2. The average molecular weight is 358 g/mol. The van der Waals surface area contributed by atoms with E-state index >= 15 is 0 Å². The molecule has 140 valence electrons. The number of amides is 1. The van der Waals surface area contributed by atoms with Crippen molar-refractivity contribution >= 4 is 5.91 Å². The smallest absolute Gasteiger partial charge is 0.272 e. The molecule has 3 rings (SSSR count). The molecule has 26 heavy (non-hydrogen) atoms. The molecule has 6 heteroatoms. The van der Waals surface area contributed by atoms with E-state index in [1.807, 2.05) is 33.8 Å². The van der Waals surface area contributed by atoms with Crippen molar-refractivity contribution in [3.05, 3.63) is 46.5 Å². The topological polar surface area (TPSA) is 72.9 Å².